The molecule has 0 amide bonds. The number of rotatable bonds is 14. The largest absolute Gasteiger partial charge is 0.455 e. The van der Waals surface area contributed by atoms with E-state index in [0.717, 1.165) is 178 Å². The number of hydrogen-bond donors (Lipinski definition) is 0. The van der Waals surface area contributed by atoms with Gasteiger partial charge in [0.1, 0.15) is 11.2 Å². The van der Waals surface area contributed by atoms with E-state index in [4.69, 9.17) is 34.3 Å². The molecule has 0 unspecified atom stereocenters. The standard InChI is InChI=1S/C59H37N3O.C59H37N3S/c2*1-3-15-40(16-4-1)57-51-28-13-25-46(56(51)50-24-7-9-29-52(50)60-57)44-21-11-19-42(35-44)43-20-12-22-45(36-43)54-37-53(61-59(62-54)41-17-5-2-6-18-41)39-33-31-38(32-34-39)47-26-14-27-49-48-23-8-10-30-55(48)63-58(47)49/h2*1-37H. The third kappa shape index (κ3) is 14.0. The van der Waals surface area contributed by atoms with Crippen LogP contribution >= 0.6 is 11.3 Å². The summed E-state index contributed by atoms with van der Waals surface area (Å²) in [5.74, 6) is 1.38. The quantitative estimate of drug-likeness (QED) is 0.100. The molecule has 0 atom stereocenters. The highest BCUT2D eigenvalue weighted by Crippen LogP contribution is 2.46. The van der Waals surface area contributed by atoms with E-state index >= 15 is 0 Å². The van der Waals surface area contributed by atoms with Crippen LogP contribution in [-0.4, -0.2) is 29.9 Å². The summed E-state index contributed by atoms with van der Waals surface area (Å²) in [6.45, 7) is 0. The highest BCUT2D eigenvalue weighted by atomic mass is 32.1. The van der Waals surface area contributed by atoms with E-state index in [1.54, 1.807) is 0 Å². The highest BCUT2D eigenvalue weighted by Gasteiger charge is 2.22. The van der Waals surface area contributed by atoms with E-state index in [9.17, 15) is 0 Å². The third-order valence-electron chi connectivity index (χ3n) is 24.2. The van der Waals surface area contributed by atoms with Crippen LogP contribution in [0.4, 0.5) is 0 Å². The fraction of sp³-hybridized carbons (Fsp3) is 0. The molecule has 7 nitrogen and oxygen atoms in total. The number of aromatic nitrogens is 6. The first-order valence-electron chi connectivity index (χ1n) is 42.5. The van der Waals surface area contributed by atoms with Gasteiger partial charge in [0.2, 0.25) is 0 Å². The maximum absolute atomic E-state index is 6.38. The van der Waals surface area contributed by atoms with Gasteiger partial charge in [-0.2, -0.15) is 0 Å². The molecule has 126 heavy (non-hydrogen) atoms. The lowest BCUT2D eigenvalue weighted by Crippen LogP contribution is -1.96. The molecule has 0 aliphatic carbocycles. The van der Waals surface area contributed by atoms with Crippen LogP contribution in [0.2, 0.25) is 0 Å². The van der Waals surface area contributed by atoms with Crippen LogP contribution in [-0.2, 0) is 0 Å². The van der Waals surface area contributed by atoms with Gasteiger partial charge in [-0.3, -0.25) is 0 Å². The van der Waals surface area contributed by atoms with Crippen molar-refractivity contribution in [3.8, 4) is 157 Å². The first-order chi connectivity index (χ1) is 62.4. The van der Waals surface area contributed by atoms with Crippen molar-refractivity contribution in [2.45, 2.75) is 0 Å². The molecular weight excluding hydrogens is 1550 g/mol. The van der Waals surface area contributed by atoms with Crippen molar-refractivity contribution in [1.29, 1.82) is 0 Å². The number of benzene rings is 18. The molecule has 6 aromatic heterocycles. The normalized spacial score (nSPS) is 11.5. The van der Waals surface area contributed by atoms with E-state index in [-0.39, 0.29) is 0 Å². The monoisotopic (exact) mass is 1620 g/mol. The Hall–Kier alpha value is -16.5. The van der Waals surface area contributed by atoms with E-state index in [0.29, 0.717) is 11.6 Å². The zero-order chi connectivity index (χ0) is 83.4. The van der Waals surface area contributed by atoms with Gasteiger partial charge in [-0.1, -0.05) is 388 Å². The van der Waals surface area contributed by atoms with Gasteiger partial charge in [-0.25, -0.2) is 29.9 Å². The van der Waals surface area contributed by atoms with Crippen molar-refractivity contribution in [3.05, 3.63) is 449 Å². The lowest BCUT2D eigenvalue weighted by Gasteiger charge is -2.15. The molecule has 24 aromatic rings. The summed E-state index contributed by atoms with van der Waals surface area (Å²) in [6.07, 6.45) is 0. The van der Waals surface area contributed by atoms with Gasteiger partial charge >= 0.3 is 0 Å². The third-order valence-corrected chi connectivity index (χ3v) is 25.4. The molecule has 0 fully saturated rings. The maximum Gasteiger partial charge on any atom is 0.160 e. The molecule has 0 aliphatic heterocycles. The van der Waals surface area contributed by atoms with Crippen LogP contribution in [0.3, 0.4) is 0 Å². The summed E-state index contributed by atoms with van der Waals surface area (Å²) in [5.41, 5.74) is 31.2. The minimum Gasteiger partial charge on any atom is -0.455 e. The summed E-state index contributed by atoms with van der Waals surface area (Å²) in [6, 6.07) is 158. The average molecular weight is 1620 g/mol. The number of thiophene rings is 1. The predicted octanol–water partition coefficient (Wildman–Crippen LogP) is 32.0. The van der Waals surface area contributed by atoms with Crippen LogP contribution < -0.4 is 0 Å². The molecule has 0 saturated carbocycles. The molecule has 0 spiro atoms. The Kier molecular flexibility index (Phi) is 19.0. The van der Waals surface area contributed by atoms with E-state index < -0.39 is 0 Å². The Morgan fingerprint density at radius 2 is 0.508 bits per heavy atom. The second-order valence-electron chi connectivity index (χ2n) is 31.8. The van der Waals surface area contributed by atoms with Crippen molar-refractivity contribution in [3.63, 3.8) is 0 Å². The smallest absolute Gasteiger partial charge is 0.160 e. The molecule has 6 heterocycles. The Labute approximate surface area is 731 Å². The van der Waals surface area contributed by atoms with Crippen LogP contribution in [0.1, 0.15) is 0 Å². The predicted molar refractivity (Wildman–Crippen MR) is 526 cm³/mol. The van der Waals surface area contributed by atoms with Gasteiger partial charge in [-0.15, -0.1) is 11.3 Å². The Morgan fingerprint density at radius 3 is 0.992 bits per heavy atom. The van der Waals surface area contributed by atoms with Crippen molar-refractivity contribution >= 4 is 96.8 Å². The molecule has 0 aliphatic rings. The lowest BCUT2D eigenvalue weighted by atomic mass is 9.91. The van der Waals surface area contributed by atoms with Gasteiger partial charge < -0.3 is 4.42 Å². The van der Waals surface area contributed by atoms with Crippen molar-refractivity contribution in [2.24, 2.45) is 0 Å². The number of para-hydroxylation sites is 4. The number of hydrogen-bond acceptors (Lipinski definition) is 8. The lowest BCUT2D eigenvalue weighted by molar-refractivity contribution is 0.670. The molecular formula is C118H74N6OS. The van der Waals surface area contributed by atoms with Gasteiger partial charge in [-0.05, 0) is 122 Å². The molecule has 8 heteroatoms. The minimum absolute atomic E-state index is 0.680. The number of furan rings is 1. The minimum atomic E-state index is 0.680. The van der Waals surface area contributed by atoms with E-state index in [1.807, 2.05) is 59.9 Å². The van der Waals surface area contributed by atoms with Crippen molar-refractivity contribution in [2.75, 3.05) is 0 Å². The van der Waals surface area contributed by atoms with E-state index in [1.165, 1.54) is 53.2 Å². The first kappa shape index (κ1) is 74.5. The molecule has 0 saturated heterocycles. The zero-order valence-corrected chi connectivity index (χ0v) is 69.0. The van der Waals surface area contributed by atoms with Gasteiger partial charge in [0, 0.05) is 113 Å². The van der Waals surface area contributed by atoms with Gasteiger partial charge in [0.15, 0.2) is 11.6 Å². The second kappa shape index (κ2) is 32.1. The Morgan fingerprint density at radius 1 is 0.183 bits per heavy atom. The van der Waals surface area contributed by atoms with Crippen molar-refractivity contribution < 1.29 is 4.42 Å². The van der Waals surface area contributed by atoms with Crippen LogP contribution in [0.25, 0.3) is 243 Å². The molecule has 0 N–H and O–H groups in total. The van der Waals surface area contributed by atoms with Crippen LogP contribution in [0.15, 0.2) is 453 Å². The second-order valence-corrected chi connectivity index (χ2v) is 32.9. The summed E-state index contributed by atoms with van der Waals surface area (Å²) < 4.78 is 9.00. The van der Waals surface area contributed by atoms with E-state index in [2.05, 4.69) is 400 Å². The number of pyridine rings is 2. The average Bonchev–Trinajstić information content (AvgIpc) is 1.18. The topological polar surface area (TPSA) is 90.5 Å². The molecule has 18 aromatic carbocycles. The summed E-state index contributed by atoms with van der Waals surface area (Å²) in [4.78, 5) is 31.1. The van der Waals surface area contributed by atoms with Crippen LogP contribution in [0, 0.1) is 0 Å². The SMILES string of the molecule is c1ccc(-c2nc(-c3ccc(-c4cccc5c4oc4ccccc45)cc3)cc(-c3cccc(-c4cccc(-c5cccc6c(-c7ccccc7)nc7ccccc7c56)c4)c3)n2)cc1.c1ccc(-c2nc(-c3ccc(-c4cccc5c4sc4ccccc45)cc3)cc(-c3cccc(-c4cccc(-c5cccc6c(-c7ccccc7)nc7ccccc7c56)c4)c3)n2)cc1. The zero-order valence-electron chi connectivity index (χ0n) is 68.2. The Balaban J connectivity index is 0.000000145. The van der Waals surface area contributed by atoms with Gasteiger partial charge in [0.05, 0.1) is 45.2 Å². The number of fused-ring (bicyclic) bond motifs is 12. The van der Waals surface area contributed by atoms with Gasteiger partial charge in [0.25, 0.3) is 0 Å². The molecule has 0 bridgehead atoms. The maximum atomic E-state index is 6.38. The fourth-order valence-electron chi connectivity index (χ4n) is 18.1. The Bertz CT molecular complexity index is 7830. The molecule has 0 radical (unpaired) electrons. The van der Waals surface area contributed by atoms with Crippen molar-refractivity contribution in [1.82, 2.24) is 29.9 Å². The highest BCUT2D eigenvalue weighted by molar-refractivity contribution is 7.26. The van der Waals surface area contributed by atoms with Crippen LogP contribution in [0.5, 0.6) is 0 Å². The summed E-state index contributed by atoms with van der Waals surface area (Å²) in [5, 5.41) is 11.8. The molecule has 588 valence electrons. The summed E-state index contributed by atoms with van der Waals surface area (Å²) >= 11 is 1.86. The first-order valence-corrected chi connectivity index (χ1v) is 43.3. The molecule has 24 rings (SSSR count). The fourth-order valence-corrected chi connectivity index (χ4v) is 19.3. The number of nitrogens with zero attached hydrogens (tertiary/aromatic N) is 6. The summed E-state index contributed by atoms with van der Waals surface area (Å²) in [7, 11) is 0.